The van der Waals surface area contributed by atoms with Gasteiger partial charge in [-0.2, -0.15) is 13.2 Å². The van der Waals surface area contributed by atoms with E-state index in [4.69, 9.17) is 0 Å². The van der Waals surface area contributed by atoms with Crippen molar-refractivity contribution in [2.24, 2.45) is 0 Å². The van der Waals surface area contributed by atoms with E-state index in [1.54, 1.807) is 13.0 Å². The second-order valence-electron chi connectivity index (χ2n) is 8.28. The van der Waals surface area contributed by atoms with Crippen molar-refractivity contribution in [1.82, 2.24) is 25.3 Å². The average molecular weight is 538 g/mol. The number of hydrogen-bond acceptors (Lipinski definition) is 10. The highest BCUT2D eigenvalue weighted by Crippen LogP contribution is 2.36. The average Bonchev–Trinajstić information content (AvgIpc) is 3.36. The molecule has 0 spiro atoms. The van der Waals surface area contributed by atoms with Crippen LogP contribution < -0.4 is 15.5 Å². The van der Waals surface area contributed by atoms with Gasteiger partial charge >= 0.3 is 6.18 Å². The highest BCUT2D eigenvalue weighted by atomic mass is 32.1. The van der Waals surface area contributed by atoms with E-state index in [2.05, 4.69) is 30.6 Å². The van der Waals surface area contributed by atoms with Crippen molar-refractivity contribution >= 4 is 34.8 Å². The van der Waals surface area contributed by atoms with E-state index in [9.17, 15) is 33.0 Å². The molecule has 15 heteroatoms. The van der Waals surface area contributed by atoms with Gasteiger partial charge in [0.05, 0.1) is 24.5 Å². The first-order chi connectivity index (χ1) is 17.5. The van der Waals surface area contributed by atoms with Crippen LogP contribution in [0.3, 0.4) is 0 Å². The molecule has 2 amide bonds. The van der Waals surface area contributed by atoms with E-state index >= 15 is 0 Å². The van der Waals surface area contributed by atoms with E-state index in [0.29, 0.717) is 49.0 Å². The van der Waals surface area contributed by atoms with Crippen LogP contribution >= 0.6 is 11.3 Å². The molecule has 196 valence electrons. The number of nitrogens with one attached hydrogen (secondary N) is 2. The third-order valence-corrected chi connectivity index (χ3v) is 6.75. The number of aromatic nitrogens is 4. The van der Waals surface area contributed by atoms with E-state index in [1.807, 2.05) is 4.90 Å². The van der Waals surface area contributed by atoms with E-state index in [1.165, 1.54) is 12.5 Å². The molecular formula is C22H22F3N7O4S. The van der Waals surface area contributed by atoms with Crippen LogP contribution in [0.5, 0.6) is 5.75 Å². The maximum atomic E-state index is 13.0. The number of nitrogens with zero attached hydrogens (tertiary/aromatic N) is 5. The highest BCUT2D eigenvalue weighted by molar-refractivity contribution is 7.13. The van der Waals surface area contributed by atoms with Crippen molar-refractivity contribution in [2.75, 3.05) is 23.3 Å². The van der Waals surface area contributed by atoms with Crippen molar-refractivity contribution < 1.29 is 33.0 Å². The quantitative estimate of drug-likeness (QED) is 0.372. The Balaban J connectivity index is 1.39. The number of anilines is 2. The van der Waals surface area contributed by atoms with Crippen LogP contribution in [0, 0.1) is 0 Å². The monoisotopic (exact) mass is 537 g/mol. The third kappa shape index (κ3) is 6.29. The van der Waals surface area contributed by atoms with Crippen LogP contribution in [0.4, 0.5) is 24.8 Å². The van der Waals surface area contributed by atoms with Gasteiger partial charge in [0, 0.05) is 19.2 Å². The molecule has 1 fully saturated rings. The first-order valence-corrected chi connectivity index (χ1v) is 11.9. The van der Waals surface area contributed by atoms with Gasteiger partial charge in [-0.25, -0.2) is 19.9 Å². The lowest BCUT2D eigenvalue weighted by Gasteiger charge is -2.30. The fourth-order valence-corrected chi connectivity index (χ4v) is 4.40. The normalized spacial score (nSPS) is 15.3. The molecular weight excluding hydrogens is 515 g/mol. The lowest BCUT2D eigenvalue weighted by molar-refractivity contribution is -0.138. The van der Waals surface area contributed by atoms with Crippen molar-refractivity contribution in [3.8, 4) is 5.75 Å². The number of thiazole rings is 1. The number of alkyl halides is 3. The molecule has 37 heavy (non-hydrogen) atoms. The van der Waals surface area contributed by atoms with Gasteiger partial charge < -0.3 is 25.7 Å². The molecule has 0 bridgehead atoms. The molecule has 3 aromatic rings. The largest absolute Gasteiger partial charge is 0.506 e. The number of amides is 2. The second-order valence-corrected chi connectivity index (χ2v) is 9.34. The number of hydrogen-bond donors (Lipinski definition) is 4. The summed E-state index contributed by atoms with van der Waals surface area (Å²) in [4.78, 5) is 43.2. The number of aliphatic hydroxyl groups excluding tert-OH is 1. The Labute approximate surface area is 212 Å². The Bertz CT molecular complexity index is 1300. The van der Waals surface area contributed by atoms with Gasteiger partial charge in [-0.1, -0.05) is 0 Å². The number of piperidine rings is 1. The highest BCUT2D eigenvalue weighted by Gasteiger charge is 2.34. The SMILES string of the molecule is CC(NC(=O)c1cc(N2CCC(O)CC2)ncn1)c1ncc(C(=O)Nc2cc(C(F)(F)F)c(O)cn2)s1. The Hall–Kier alpha value is -3.85. The number of halogens is 3. The third-order valence-electron chi connectivity index (χ3n) is 5.57. The summed E-state index contributed by atoms with van der Waals surface area (Å²) in [6.45, 7) is 2.87. The standard InChI is InChI=1S/C22H22F3N7O4S/c1-11(30-19(35)14-7-18(29-10-28-14)32-4-2-12(33)3-5-32)21-27-9-16(37-21)20(36)31-17-6-13(22(23,24)25)15(34)8-26-17/h6-12,33-34H,2-5H2,1H3,(H,30,35)(H,26,31,36). The number of aliphatic hydroxyl groups is 1. The van der Waals surface area contributed by atoms with Gasteiger partial charge in [0.15, 0.2) is 0 Å². The summed E-state index contributed by atoms with van der Waals surface area (Å²) in [7, 11) is 0. The van der Waals surface area contributed by atoms with Gasteiger partial charge in [0.1, 0.15) is 44.9 Å². The van der Waals surface area contributed by atoms with E-state index < -0.39 is 41.2 Å². The van der Waals surface area contributed by atoms with Crippen LogP contribution in [0.25, 0.3) is 0 Å². The van der Waals surface area contributed by atoms with Crippen LogP contribution in [0.15, 0.2) is 30.9 Å². The van der Waals surface area contributed by atoms with E-state index in [-0.39, 0.29) is 16.7 Å². The van der Waals surface area contributed by atoms with Crippen LogP contribution in [-0.4, -0.2) is 61.2 Å². The molecule has 4 rings (SSSR count). The van der Waals surface area contributed by atoms with Crippen molar-refractivity contribution in [2.45, 2.75) is 38.1 Å². The molecule has 4 N–H and O–H groups in total. The summed E-state index contributed by atoms with van der Waals surface area (Å²) in [6.07, 6.45) is -0.838. The predicted molar refractivity (Wildman–Crippen MR) is 126 cm³/mol. The zero-order valence-corrected chi connectivity index (χ0v) is 20.2. The van der Waals surface area contributed by atoms with Gasteiger partial charge in [-0.15, -0.1) is 11.3 Å². The number of aromatic hydroxyl groups is 1. The Morgan fingerprint density at radius 1 is 1.11 bits per heavy atom. The van der Waals surface area contributed by atoms with Crippen LogP contribution in [0.1, 0.15) is 56.5 Å². The molecule has 0 aromatic carbocycles. The van der Waals surface area contributed by atoms with Crippen LogP contribution in [-0.2, 0) is 6.18 Å². The molecule has 0 radical (unpaired) electrons. The predicted octanol–water partition coefficient (Wildman–Crippen LogP) is 2.76. The summed E-state index contributed by atoms with van der Waals surface area (Å²) in [6, 6.07) is 1.48. The molecule has 0 saturated carbocycles. The minimum absolute atomic E-state index is 0.0798. The van der Waals surface area contributed by atoms with Crippen molar-refractivity contribution in [3.05, 3.63) is 52.0 Å². The first kappa shape index (κ1) is 26.2. The molecule has 3 aromatic heterocycles. The minimum atomic E-state index is -4.82. The molecule has 1 unspecified atom stereocenters. The maximum absolute atomic E-state index is 13.0. The number of carbonyl (C=O) groups excluding carboxylic acids is 2. The molecule has 11 nitrogen and oxygen atoms in total. The lowest BCUT2D eigenvalue weighted by atomic mass is 10.1. The summed E-state index contributed by atoms with van der Waals surface area (Å²) in [5.74, 6) is -2.11. The number of carbonyl (C=O) groups is 2. The Kier molecular flexibility index (Phi) is 7.54. The fraction of sp³-hybridized carbons (Fsp3) is 0.364. The van der Waals surface area contributed by atoms with Gasteiger partial charge in [-0.3, -0.25) is 9.59 Å². The zero-order valence-electron chi connectivity index (χ0n) is 19.4. The number of pyridine rings is 1. The minimum Gasteiger partial charge on any atom is -0.506 e. The smallest absolute Gasteiger partial charge is 0.420 e. The second kappa shape index (κ2) is 10.6. The molecule has 0 aliphatic carbocycles. The number of rotatable bonds is 6. The fourth-order valence-electron chi connectivity index (χ4n) is 3.59. The van der Waals surface area contributed by atoms with E-state index in [0.717, 1.165) is 11.3 Å². The summed E-state index contributed by atoms with van der Waals surface area (Å²) in [5, 5.41) is 24.4. The molecule has 4 heterocycles. The summed E-state index contributed by atoms with van der Waals surface area (Å²) < 4.78 is 38.9. The Morgan fingerprint density at radius 2 is 1.84 bits per heavy atom. The first-order valence-electron chi connectivity index (χ1n) is 11.1. The molecule has 1 atom stereocenters. The molecule has 1 saturated heterocycles. The van der Waals surface area contributed by atoms with Crippen molar-refractivity contribution in [3.63, 3.8) is 0 Å². The lowest BCUT2D eigenvalue weighted by Crippen LogP contribution is -2.36. The summed E-state index contributed by atoms with van der Waals surface area (Å²) in [5.41, 5.74) is -1.19. The Morgan fingerprint density at radius 3 is 2.54 bits per heavy atom. The van der Waals surface area contributed by atoms with Crippen molar-refractivity contribution in [1.29, 1.82) is 0 Å². The maximum Gasteiger partial charge on any atom is 0.420 e. The molecule has 1 aliphatic heterocycles. The summed E-state index contributed by atoms with van der Waals surface area (Å²) >= 11 is 0.943. The zero-order chi connectivity index (χ0) is 26.7. The van der Waals surface area contributed by atoms with Gasteiger partial charge in [-0.05, 0) is 25.8 Å². The van der Waals surface area contributed by atoms with Crippen LogP contribution in [0.2, 0.25) is 0 Å². The molecule has 1 aliphatic rings. The van der Waals surface area contributed by atoms with Gasteiger partial charge in [0.25, 0.3) is 11.8 Å². The topological polar surface area (TPSA) is 153 Å². The van der Waals surface area contributed by atoms with Gasteiger partial charge in [0.2, 0.25) is 0 Å².